The van der Waals surface area contributed by atoms with Crippen LogP contribution in [0.4, 0.5) is 11.4 Å². The lowest BCUT2D eigenvalue weighted by molar-refractivity contribution is 1.19. The Labute approximate surface area is 223 Å². The van der Waals surface area contributed by atoms with E-state index in [0.717, 1.165) is 55.9 Å². The normalized spacial score (nSPS) is 15.1. The number of aromatic amines is 1. The van der Waals surface area contributed by atoms with E-state index in [1.54, 1.807) is 6.08 Å². The third kappa shape index (κ3) is 3.89. The highest BCUT2D eigenvalue weighted by Gasteiger charge is 2.32. The van der Waals surface area contributed by atoms with Gasteiger partial charge in [-0.25, -0.2) is 0 Å². The number of rotatable bonds is 5. The lowest BCUT2D eigenvalue weighted by Gasteiger charge is -2.23. The minimum Gasteiger partial charge on any atom is -0.355 e. The lowest BCUT2D eigenvalue weighted by Crippen LogP contribution is -2.16. The quantitative estimate of drug-likeness (QED) is 0.236. The van der Waals surface area contributed by atoms with Crippen molar-refractivity contribution < 1.29 is 0 Å². The number of allylic oxidation sites excluding steroid dienone is 7. The van der Waals surface area contributed by atoms with Crippen LogP contribution in [-0.4, -0.2) is 10.7 Å². The van der Waals surface area contributed by atoms with Crippen molar-refractivity contribution in [3.63, 3.8) is 0 Å². The van der Waals surface area contributed by atoms with E-state index in [9.17, 15) is 5.41 Å². The second-order valence-electron chi connectivity index (χ2n) is 9.65. The van der Waals surface area contributed by atoms with E-state index in [-0.39, 0.29) is 0 Å². The smallest absolute Gasteiger partial charge is 0.0876 e. The van der Waals surface area contributed by atoms with Crippen LogP contribution in [0.2, 0.25) is 0 Å². The standard InChI is InChI=1S/C35H29N3/c1-4-5-7-12-23(2)24(3)35-34(36)30-22-26(18-20-33(30)38(35)27-13-8-6-9-14-27)25-17-19-32-29(21-25)28-15-10-11-16-31(28)37-32/h4-22,36-37H,1H2,2-3H3/b7-5-,23-12+,35-24-,36-34?. The van der Waals surface area contributed by atoms with E-state index >= 15 is 0 Å². The van der Waals surface area contributed by atoms with E-state index in [4.69, 9.17) is 0 Å². The number of nitrogens with zero attached hydrogens (tertiary/aromatic N) is 1. The molecule has 1 aliphatic rings. The molecule has 0 spiro atoms. The summed E-state index contributed by atoms with van der Waals surface area (Å²) in [4.78, 5) is 5.73. The van der Waals surface area contributed by atoms with Gasteiger partial charge < -0.3 is 9.88 Å². The molecule has 0 unspecified atom stereocenters. The van der Waals surface area contributed by atoms with E-state index < -0.39 is 0 Å². The maximum Gasteiger partial charge on any atom is 0.0876 e. The van der Waals surface area contributed by atoms with Gasteiger partial charge in [-0.15, -0.1) is 0 Å². The summed E-state index contributed by atoms with van der Waals surface area (Å²) >= 11 is 0. The molecule has 2 heterocycles. The summed E-state index contributed by atoms with van der Waals surface area (Å²) in [7, 11) is 0. The molecular formula is C35H29N3. The predicted molar refractivity (Wildman–Crippen MR) is 162 cm³/mol. The molecule has 4 aromatic carbocycles. The first-order chi connectivity index (χ1) is 18.6. The Balaban J connectivity index is 1.50. The summed E-state index contributed by atoms with van der Waals surface area (Å²) in [6.45, 7) is 7.96. The van der Waals surface area contributed by atoms with Gasteiger partial charge in [-0.3, -0.25) is 5.41 Å². The third-order valence-corrected chi connectivity index (χ3v) is 7.36. The molecule has 1 aliphatic heterocycles. The van der Waals surface area contributed by atoms with Crippen LogP contribution in [0, 0.1) is 5.41 Å². The molecule has 0 saturated heterocycles. The number of nitrogens with one attached hydrogen (secondary N) is 2. The van der Waals surface area contributed by atoms with Crippen LogP contribution in [0.5, 0.6) is 0 Å². The molecule has 0 fully saturated rings. The van der Waals surface area contributed by atoms with Crippen LogP contribution in [0.25, 0.3) is 32.9 Å². The van der Waals surface area contributed by atoms with Gasteiger partial charge in [0.05, 0.1) is 17.1 Å². The maximum atomic E-state index is 9.31. The van der Waals surface area contributed by atoms with Gasteiger partial charge in [0, 0.05) is 33.1 Å². The molecule has 3 heteroatoms. The van der Waals surface area contributed by atoms with Crippen molar-refractivity contribution in [2.75, 3.05) is 4.90 Å². The van der Waals surface area contributed by atoms with Crippen LogP contribution >= 0.6 is 0 Å². The topological polar surface area (TPSA) is 42.9 Å². The molecule has 5 aromatic rings. The van der Waals surface area contributed by atoms with Crippen LogP contribution in [0.15, 0.2) is 139 Å². The number of anilines is 2. The van der Waals surface area contributed by atoms with Crippen molar-refractivity contribution in [3.05, 3.63) is 144 Å². The van der Waals surface area contributed by atoms with Gasteiger partial charge in [0.15, 0.2) is 0 Å². The zero-order chi connectivity index (χ0) is 26.2. The fraction of sp³-hybridized carbons (Fsp3) is 0.0571. The second kappa shape index (κ2) is 9.53. The van der Waals surface area contributed by atoms with Crippen molar-refractivity contribution in [2.24, 2.45) is 0 Å². The van der Waals surface area contributed by atoms with Crippen molar-refractivity contribution in [3.8, 4) is 11.1 Å². The Hall–Kier alpha value is -4.89. The SMILES string of the molecule is C=C\C=C/C=C(C)/C(C)=C1/C(=N)c2cc(-c3ccc4[nH]c5ccccc5c4c3)ccc2N1c1ccccc1. The molecule has 0 saturated carbocycles. The fourth-order valence-electron chi connectivity index (χ4n) is 5.29. The van der Waals surface area contributed by atoms with Gasteiger partial charge >= 0.3 is 0 Å². The lowest BCUT2D eigenvalue weighted by atomic mass is 9.98. The van der Waals surface area contributed by atoms with E-state index in [1.807, 2.05) is 30.4 Å². The number of aromatic nitrogens is 1. The summed E-state index contributed by atoms with van der Waals surface area (Å²) in [5.41, 5.74) is 11.2. The summed E-state index contributed by atoms with van der Waals surface area (Å²) in [6.07, 6.45) is 7.75. The molecule has 0 radical (unpaired) electrons. The van der Waals surface area contributed by atoms with Crippen LogP contribution < -0.4 is 4.90 Å². The van der Waals surface area contributed by atoms with Gasteiger partial charge in [-0.05, 0) is 78.6 Å². The highest BCUT2D eigenvalue weighted by atomic mass is 15.2. The number of benzene rings is 4. The summed E-state index contributed by atoms with van der Waals surface area (Å²) < 4.78 is 0. The summed E-state index contributed by atoms with van der Waals surface area (Å²) in [6, 6.07) is 31.8. The first-order valence-electron chi connectivity index (χ1n) is 12.8. The molecule has 184 valence electrons. The minimum absolute atomic E-state index is 0.539. The maximum absolute atomic E-state index is 9.31. The van der Waals surface area contributed by atoms with Crippen LogP contribution in [0.1, 0.15) is 19.4 Å². The van der Waals surface area contributed by atoms with Crippen molar-refractivity contribution in [2.45, 2.75) is 13.8 Å². The van der Waals surface area contributed by atoms with Gasteiger partial charge in [-0.1, -0.05) is 79.4 Å². The Morgan fingerprint density at radius 3 is 2.32 bits per heavy atom. The first-order valence-corrected chi connectivity index (χ1v) is 12.8. The number of H-pyrrole nitrogens is 1. The van der Waals surface area contributed by atoms with Gasteiger partial charge in [-0.2, -0.15) is 0 Å². The predicted octanol–water partition coefficient (Wildman–Crippen LogP) is 9.47. The Morgan fingerprint density at radius 1 is 0.789 bits per heavy atom. The molecular weight excluding hydrogens is 462 g/mol. The molecule has 3 nitrogen and oxygen atoms in total. The molecule has 0 bridgehead atoms. The van der Waals surface area contributed by atoms with E-state index in [0.29, 0.717) is 5.71 Å². The van der Waals surface area contributed by atoms with Gasteiger partial charge in [0.2, 0.25) is 0 Å². The van der Waals surface area contributed by atoms with Crippen molar-refractivity contribution >= 4 is 38.9 Å². The number of hydrogen-bond acceptors (Lipinski definition) is 2. The van der Waals surface area contributed by atoms with E-state index in [2.05, 4.69) is 109 Å². The molecule has 2 N–H and O–H groups in total. The molecule has 0 aliphatic carbocycles. The highest BCUT2D eigenvalue weighted by molar-refractivity contribution is 6.23. The number of hydrogen-bond donors (Lipinski definition) is 2. The Bertz CT molecular complexity index is 1810. The molecule has 38 heavy (non-hydrogen) atoms. The molecule has 1 aromatic heterocycles. The molecule has 0 amide bonds. The minimum atomic E-state index is 0.539. The zero-order valence-corrected chi connectivity index (χ0v) is 21.6. The van der Waals surface area contributed by atoms with Gasteiger partial charge in [0.25, 0.3) is 0 Å². The van der Waals surface area contributed by atoms with Crippen molar-refractivity contribution in [1.82, 2.24) is 4.98 Å². The molecule has 0 atom stereocenters. The average molecular weight is 492 g/mol. The Kier molecular flexibility index (Phi) is 5.89. The van der Waals surface area contributed by atoms with Crippen molar-refractivity contribution in [1.29, 1.82) is 5.41 Å². The molecule has 6 rings (SSSR count). The van der Waals surface area contributed by atoms with Crippen LogP contribution in [0.3, 0.4) is 0 Å². The number of para-hydroxylation sites is 2. The monoisotopic (exact) mass is 491 g/mol. The zero-order valence-electron chi connectivity index (χ0n) is 21.6. The fourth-order valence-corrected chi connectivity index (χ4v) is 5.29. The largest absolute Gasteiger partial charge is 0.355 e. The van der Waals surface area contributed by atoms with E-state index in [1.165, 1.54) is 10.8 Å². The average Bonchev–Trinajstić information content (AvgIpc) is 3.47. The summed E-state index contributed by atoms with van der Waals surface area (Å²) in [5.74, 6) is 0. The first kappa shape index (κ1) is 23.5. The second-order valence-corrected chi connectivity index (χ2v) is 9.65. The highest BCUT2D eigenvalue weighted by Crippen LogP contribution is 2.44. The third-order valence-electron chi connectivity index (χ3n) is 7.36. The van der Waals surface area contributed by atoms with Crippen LogP contribution in [-0.2, 0) is 0 Å². The summed E-state index contributed by atoms with van der Waals surface area (Å²) in [5, 5.41) is 11.7. The van der Waals surface area contributed by atoms with Gasteiger partial charge in [0.1, 0.15) is 0 Å². The Morgan fingerprint density at radius 2 is 1.50 bits per heavy atom. The number of fused-ring (bicyclic) bond motifs is 4.